The minimum atomic E-state index is -0.104. The summed E-state index contributed by atoms with van der Waals surface area (Å²) < 4.78 is 0. The quantitative estimate of drug-likeness (QED) is 0.648. The molecule has 0 fully saturated rings. The number of aliphatic imine (C=N–C) groups is 1. The summed E-state index contributed by atoms with van der Waals surface area (Å²) in [5.41, 5.74) is 6.52. The summed E-state index contributed by atoms with van der Waals surface area (Å²) in [6.45, 7) is 0. The van der Waals surface area contributed by atoms with E-state index < -0.39 is 0 Å². The van der Waals surface area contributed by atoms with Crippen molar-refractivity contribution in [3.8, 4) is 0 Å². The summed E-state index contributed by atoms with van der Waals surface area (Å²) in [6.07, 6.45) is 9.98. The van der Waals surface area contributed by atoms with Crippen LogP contribution in [-0.4, -0.2) is 11.2 Å². The minimum absolute atomic E-state index is 0. The highest BCUT2D eigenvalue weighted by atomic mass is 35.5. The Bertz CT molecular complexity index is 291. The van der Waals surface area contributed by atoms with Gasteiger partial charge in [-0.25, -0.2) is 0 Å². The van der Waals surface area contributed by atoms with Gasteiger partial charge in [0.1, 0.15) is 5.50 Å². The molecule has 0 aromatic heterocycles. The van der Waals surface area contributed by atoms with Crippen molar-refractivity contribution >= 4 is 29.9 Å². The van der Waals surface area contributed by atoms with Gasteiger partial charge in [0, 0.05) is 4.91 Å². The zero-order chi connectivity index (χ0) is 7.68. The van der Waals surface area contributed by atoms with Crippen LogP contribution < -0.4 is 5.73 Å². The van der Waals surface area contributed by atoms with Gasteiger partial charge in [0.15, 0.2) is 0 Å². The zero-order valence-electron chi connectivity index (χ0n) is 6.31. The summed E-state index contributed by atoms with van der Waals surface area (Å²) in [5, 5.41) is 0. The van der Waals surface area contributed by atoms with E-state index in [-0.39, 0.29) is 17.9 Å². The number of hydrogen-bond donors (Lipinski definition) is 1. The molecule has 1 heterocycles. The lowest BCUT2D eigenvalue weighted by Crippen LogP contribution is -2.07. The number of nitrogens with two attached hydrogens (primary N) is 1. The van der Waals surface area contributed by atoms with Crippen molar-refractivity contribution in [3.05, 3.63) is 35.3 Å². The van der Waals surface area contributed by atoms with Gasteiger partial charge < -0.3 is 5.73 Å². The van der Waals surface area contributed by atoms with E-state index in [4.69, 9.17) is 5.73 Å². The second kappa shape index (κ2) is 3.94. The van der Waals surface area contributed by atoms with Crippen molar-refractivity contribution in [2.45, 2.75) is 5.50 Å². The summed E-state index contributed by atoms with van der Waals surface area (Å²) in [5.74, 6) is 0. The fraction of sp³-hybridized carbons (Fsp3) is 0.125. The predicted octanol–water partition coefficient (Wildman–Crippen LogP) is 1.85. The standard InChI is InChI=1S/C8H8N2S.ClH/c9-8-10-6-4-2-1-3-5-7(6)11-8;/h1-5,8H,9H2;1H. The number of hydrogen-bond acceptors (Lipinski definition) is 3. The van der Waals surface area contributed by atoms with E-state index in [1.165, 1.54) is 4.91 Å². The van der Waals surface area contributed by atoms with E-state index >= 15 is 0 Å². The Morgan fingerprint density at radius 2 is 2.17 bits per heavy atom. The molecule has 0 saturated heterocycles. The molecular formula is C8H9ClN2S. The molecule has 1 aliphatic heterocycles. The highest BCUT2D eigenvalue weighted by Crippen LogP contribution is 2.29. The Hall–Kier alpha value is -0.510. The van der Waals surface area contributed by atoms with Crippen LogP contribution in [0.5, 0.6) is 0 Å². The molecule has 0 radical (unpaired) electrons. The van der Waals surface area contributed by atoms with Gasteiger partial charge in [-0.3, -0.25) is 4.99 Å². The topological polar surface area (TPSA) is 38.4 Å². The largest absolute Gasteiger partial charge is 0.301 e. The van der Waals surface area contributed by atoms with Crippen LogP contribution in [-0.2, 0) is 0 Å². The zero-order valence-corrected chi connectivity index (χ0v) is 7.94. The van der Waals surface area contributed by atoms with Gasteiger partial charge in [-0.2, -0.15) is 0 Å². The Morgan fingerprint density at radius 1 is 1.33 bits per heavy atom. The first-order chi connectivity index (χ1) is 5.36. The first-order valence-corrected chi connectivity index (χ1v) is 4.30. The maximum atomic E-state index is 5.62. The molecule has 1 aliphatic carbocycles. The molecule has 0 amide bonds. The Balaban J connectivity index is 0.000000720. The van der Waals surface area contributed by atoms with Crippen molar-refractivity contribution in [2.75, 3.05) is 0 Å². The highest BCUT2D eigenvalue weighted by molar-refractivity contribution is 8.05. The van der Waals surface area contributed by atoms with E-state index in [0.717, 1.165) is 5.71 Å². The SMILES string of the molecule is Cl.NC1N=C2C=CC=CC=C2S1. The number of allylic oxidation sites excluding steroid dienone is 6. The number of nitrogens with zero attached hydrogens (tertiary/aromatic N) is 1. The number of rotatable bonds is 0. The average molecular weight is 201 g/mol. The van der Waals surface area contributed by atoms with Gasteiger partial charge in [-0.05, 0) is 12.2 Å². The van der Waals surface area contributed by atoms with E-state index in [1.54, 1.807) is 11.8 Å². The van der Waals surface area contributed by atoms with Gasteiger partial charge >= 0.3 is 0 Å². The third kappa shape index (κ3) is 1.80. The summed E-state index contributed by atoms with van der Waals surface area (Å²) in [4.78, 5) is 5.40. The molecule has 1 atom stereocenters. The second-order valence-corrected chi connectivity index (χ2v) is 3.46. The normalized spacial score (nSPS) is 25.2. The van der Waals surface area contributed by atoms with E-state index in [1.807, 2.05) is 30.4 Å². The lowest BCUT2D eigenvalue weighted by molar-refractivity contribution is 1.01. The summed E-state index contributed by atoms with van der Waals surface area (Å²) >= 11 is 1.60. The maximum absolute atomic E-state index is 5.62. The molecule has 2 nitrogen and oxygen atoms in total. The van der Waals surface area contributed by atoms with Crippen molar-refractivity contribution in [1.82, 2.24) is 0 Å². The third-order valence-electron chi connectivity index (χ3n) is 1.49. The first-order valence-electron chi connectivity index (χ1n) is 3.42. The molecule has 4 heteroatoms. The van der Waals surface area contributed by atoms with Crippen LogP contribution in [0.25, 0.3) is 0 Å². The van der Waals surface area contributed by atoms with Crippen LogP contribution in [0, 0.1) is 0 Å². The lowest BCUT2D eigenvalue weighted by Gasteiger charge is -1.93. The van der Waals surface area contributed by atoms with Gasteiger partial charge in [-0.1, -0.05) is 30.0 Å². The van der Waals surface area contributed by atoms with Crippen LogP contribution >= 0.6 is 24.2 Å². The molecule has 0 spiro atoms. The van der Waals surface area contributed by atoms with Crippen molar-refractivity contribution in [1.29, 1.82) is 0 Å². The molecule has 2 N–H and O–H groups in total. The maximum Gasteiger partial charge on any atom is 0.149 e. The molecule has 2 aliphatic rings. The van der Waals surface area contributed by atoms with Crippen LogP contribution in [0.1, 0.15) is 0 Å². The number of halogens is 1. The van der Waals surface area contributed by atoms with Gasteiger partial charge in [0.25, 0.3) is 0 Å². The van der Waals surface area contributed by atoms with Crippen LogP contribution in [0.2, 0.25) is 0 Å². The number of thioether (sulfide) groups is 1. The Morgan fingerprint density at radius 3 is 3.00 bits per heavy atom. The van der Waals surface area contributed by atoms with Crippen LogP contribution in [0.15, 0.2) is 40.3 Å². The summed E-state index contributed by atoms with van der Waals surface area (Å²) in [6, 6.07) is 0. The van der Waals surface area contributed by atoms with Gasteiger partial charge in [0.2, 0.25) is 0 Å². The molecule has 1 unspecified atom stereocenters. The molecule has 0 bridgehead atoms. The fourth-order valence-corrected chi connectivity index (χ4v) is 1.85. The monoisotopic (exact) mass is 200 g/mol. The average Bonchev–Trinajstić information content (AvgIpc) is 2.17. The van der Waals surface area contributed by atoms with Gasteiger partial charge in [0.05, 0.1) is 5.71 Å². The molecule has 0 aromatic rings. The van der Waals surface area contributed by atoms with Gasteiger partial charge in [-0.15, -0.1) is 12.4 Å². The second-order valence-electron chi connectivity index (χ2n) is 2.30. The lowest BCUT2D eigenvalue weighted by atomic mass is 10.3. The van der Waals surface area contributed by atoms with Crippen molar-refractivity contribution < 1.29 is 0 Å². The predicted molar refractivity (Wildman–Crippen MR) is 56.6 cm³/mol. The minimum Gasteiger partial charge on any atom is -0.301 e. The molecular weight excluding hydrogens is 192 g/mol. The summed E-state index contributed by atoms with van der Waals surface area (Å²) in [7, 11) is 0. The Kier molecular flexibility index (Phi) is 3.14. The molecule has 12 heavy (non-hydrogen) atoms. The number of fused-ring (bicyclic) bond motifs is 1. The highest BCUT2D eigenvalue weighted by Gasteiger charge is 2.17. The van der Waals surface area contributed by atoms with Crippen molar-refractivity contribution in [2.24, 2.45) is 10.7 Å². The Labute approximate surface area is 81.7 Å². The fourth-order valence-electron chi connectivity index (χ4n) is 1.02. The smallest absolute Gasteiger partial charge is 0.149 e. The third-order valence-corrected chi connectivity index (χ3v) is 2.44. The van der Waals surface area contributed by atoms with Crippen LogP contribution in [0.3, 0.4) is 0 Å². The van der Waals surface area contributed by atoms with E-state index in [9.17, 15) is 0 Å². The van der Waals surface area contributed by atoms with E-state index in [0.29, 0.717) is 0 Å². The molecule has 0 saturated carbocycles. The van der Waals surface area contributed by atoms with E-state index in [2.05, 4.69) is 4.99 Å². The molecule has 2 rings (SSSR count). The van der Waals surface area contributed by atoms with Crippen LogP contribution in [0.4, 0.5) is 0 Å². The molecule has 0 aromatic carbocycles. The first kappa shape index (κ1) is 9.58. The molecule has 64 valence electrons. The van der Waals surface area contributed by atoms with Crippen molar-refractivity contribution in [3.63, 3.8) is 0 Å².